The van der Waals surface area contributed by atoms with E-state index in [0.717, 1.165) is 11.3 Å². The Morgan fingerprint density at radius 1 is 1.12 bits per heavy atom. The molecule has 0 bridgehead atoms. The lowest BCUT2D eigenvalue weighted by atomic mass is 10.1. The van der Waals surface area contributed by atoms with Gasteiger partial charge in [0, 0.05) is 35.9 Å². The van der Waals surface area contributed by atoms with Crippen LogP contribution in [0.2, 0.25) is 0 Å². The SMILES string of the molecule is Cc1ccnc(NC2COCC2n2nc(-c3ccncc3)ccc2=O)n1. The Bertz CT molecular complexity index is 959. The highest BCUT2D eigenvalue weighted by Crippen LogP contribution is 2.22. The molecule has 0 saturated carbocycles. The number of aryl methyl sites for hydroxylation is 1. The van der Waals surface area contributed by atoms with Gasteiger partial charge in [0.25, 0.3) is 5.56 Å². The van der Waals surface area contributed by atoms with Crippen molar-refractivity contribution in [1.29, 1.82) is 0 Å². The molecule has 1 N–H and O–H groups in total. The van der Waals surface area contributed by atoms with Gasteiger partial charge >= 0.3 is 0 Å². The van der Waals surface area contributed by atoms with Crippen molar-refractivity contribution in [2.24, 2.45) is 0 Å². The third kappa shape index (κ3) is 3.31. The molecule has 4 heterocycles. The number of aromatic nitrogens is 5. The molecule has 26 heavy (non-hydrogen) atoms. The number of nitrogens with one attached hydrogen (secondary N) is 1. The summed E-state index contributed by atoms with van der Waals surface area (Å²) in [4.78, 5) is 25.0. The van der Waals surface area contributed by atoms with Crippen LogP contribution in [0.1, 0.15) is 11.7 Å². The predicted molar refractivity (Wildman–Crippen MR) is 95.8 cm³/mol. The van der Waals surface area contributed by atoms with E-state index in [1.165, 1.54) is 10.7 Å². The zero-order valence-corrected chi connectivity index (χ0v) is 14.2. The van der Waals surface area contributed by atoms with Gasteiger partial charge in [-0.2, -0.15) is 5.10 Å². The van der Waals surface area contributed by atoms with Gasteiger partial charge in [0.2, 0.25) is 5.95 Å². The van der Waals surface area contributed by atoms with Crippen molar-refractivity contribution in [2.75, 3.05) is 18.5 Å². The molecule has 2 unspecified atom stereocenters. The Balaban J connectivity index is 1.64. The van der Waals surface area contributed by atoms with E-state index in [1.54, 1.807) is 24.7 Å². The van der Waals surface area contributed by atoms with Gasteiger partial charge in [-0.05, 0) is 31.2 Å². The second-order valence-corrected chi connectivity index (χ2v) is 6.11. The molecule has 1 aliphatic rings. The minimum absolute atomic E-state index is 0.144. The van der Waals surface area contributed by atoms with E-state index in [4.69, 9.17) is 4.74 Å². The fraction of sp³-hybridized carbons (Fsp3) is 0.278. The standard InChI is InChI=1S/C18H18N6O2/c1-12-4-9-20-18(21-12)22-15-10-26-11-16(15)24-17(25)3-2-14(23-24)13-5-7-19-8-6-13/h2-9,15-16H,10-11H2,1H3,(H,20,21,22). The van der Waals surface area contributed by atoms with E-state index in [0.29, 0.717) is 24.9 Å². The maximum Gasteiger partial charge on any atom is 0.267 e. The van der Waals surface area contributed by atoms with Crippen LogP contribution in [0, 0.1) is 6.92 Å². The maximum atomic E-state index is 12.4. The molecule has 3 aromatic heterocycles. The molecule has 0 aliphatic carbocycles. The Hall–Kier alpha value is -3.13. The van der Waals surface area contributed by atoms with Gasteiger partial charge in [0.1, 0.15) is 6.04 Å². The second-order valence-electron chi connectivity index (χ2n) is 6.11. The Labute approximate surface area is 149 Å². The van der Waals surface area contributed by atoms with Gasteiger partial charge in [-0.3, -0.25) is 9.78 Å². The molecule has 3 aromatic rings. The van der Waals surface area contributed by atoms with Crippen LogP contribution in [0.15, 0.2) is 53.7 Å². The van der Waals surface area contributed by atoms with Gasteiger partial charge in [0.05, 0.1) is 24.9 Å². The molecule has 1 fully saturated rings. The summed E-state index contributed by atoms with van der Waals surface area (Å²) in [5.41, 5.74) is 2.31. The van der Waals surface area contributed by atoms with Crippen LogP contribution >= 0.6 is 0 Å². The number of hydrogen-bond acceptors (Lipinski definition) is 7. The predicted octanol–water partition coefficient (Wildman–Crippen LogP) is 1.46. The van der Waals surface area contributed by atoms with Crippen LogP contribution < -0.4 is 10.9 Å². The van der Waals surface area contributed by atoms with Crippen LogP contribution in [0.4, 0.5) is 5.95 Å². The topological polar surface area (TPSA) is 94.8 Å². The minimum atomic E-state index is -0.242. The third-order valence-electron chi connectivity index (χ3n) is 4.28. The molecule has 2 atom stereocenters. The number of rotatable bonds is 4. The second kappa shape index (κ2) is 7.01. The molecular weight excluding hydrogens is 332 g/mol. The summed E-state index contributed by atoms with van der Waals surface area (Å²) < 4.78 is 7.08. The molecule has 1 saturated heterocycles. The molecule has 4 rings (SSSR count). The van der Waals surface area contributed by atoms with E-state index in [-0.39, 0.29) is 17.6 Å². The lowest BCUT2D eigenvalue weighted by Gasteiger charge is -2.20. The van der Waals surface area contributed by atoms with Crippen LogP contribution in [0.25, 0.3) is 11.3 Å². The van der Waals surface area contributed by atoms with Crippen LogP contribution in [0.3, 0.4) is 0 Å². The van der Waals surface area contributed by atoms with E-state index < -0.39 is 0 Å². The number of pyridine rings is 1. The Morgan fingerprint density at radius 3 is 2.77 bits per heavy atom. The first-order valence-corrected chi connectivity index (χ1v) is 8.35. The largest absolute Gasteiger partial charge is 0.377 e. The molecular formula is C18H18N6O2. The average molecular weight is 350 g/mol. The molecule has 0 aromatic carbocycles. The maximum absolute atomic E-state index is 12.4. The third-order valence-corrected chi connectivity index (χ3v) is 4.28. The number of anilines is 1. The summed E-state index contributed by atoms with van der Waals surface area (Å²) in [7, 11) is 0. The Morgan fingerprint density at radius 2 is 1.96 bits per heavy atom. The molecule has 0 radical (unpaired) electrons. The molecule has 132 valence electrons. The highest BCUT2D eigenvalue weighted by atomic mass is 16.5. The van der Waals surface area contributed by atoms with Crippen LogP contribution in [0.5, 0.6) is 0 Å². The fourth-order valence-corrected chi connectivity index (χ4v) is 2.95. The number of ether oxygens (including phenoxy) is 1. The van der Waals surface area contributed by atoms with E-state index in [1.807, 2.05) is 25.1 Å². The van der Waals surface area contributed by atoms with Crippen molar-refractivity contribution >= 4 is 5.95 Å². The molecule has 8 nitrogen and oxygen atoms in total. The van der Waals surface area contributed by atoms with Crippen LogP contribution in [-0.4, -0.2) is 44.0 Å². The van der Waals surface area contributed by atoms with Gasteiger partial charge < -0.3 is 10.1 Å². The highest BCUT2D eigenvalue weighted by molar-refractivity contribution is 5.57. The van der Waals surface area contributed by atoms with Gasteiger partial charge in [-0.15, -0.1) is 0 Å². The van der Waals surface area contributed by atoms with Crippen molar-refractivity contribution in [1.82, 2.24) is 24.7 Å². The van der Waals surface area contributed by atoms with Crippen molar-refractivity contribution in [3.05, 3.63) is 65.0 Å². The molecule has 1 aliphatic heterocycles. The normalized spacial score (nSPS) is 19.4. The first-order valence-electron chi connectivity index (χ1n) is 8.35. The number of nitrogens with zero attached hydrogens (tertiary/aromatic N) is 5. The fourth-order valence-electron chi connectivity index (χ4n) is 2.95. The summed E-state index contributed by atoms with van der Waals surface area (Å²) in [5.74, 6) is 0.517. The quantitative estimate of drug-likeness (QED) is 0.761. The van der Waals surface area contributed by atoms with Crippen LogP contribution in [-0.2, 0) is 4.74 Å². The van der Waals surface area contributed by atoms with Crippen molar-refractivity contribution in [3.8, 4) is 11.3 Å². The first kappa shape index (κ1) is 16.3. The van der Waals surface area contributed by atoms with Gasteiger partial charge in [-0.1, -0.05) is 0 Å². The summed E-state index contributed by atoms with van der Waals surface area (Å²) in [6.45, 7) is 2.76. The minimum Gasteiger partial charge on any atom is -0.377 e. The van der Waals surface area contributed by atoms with E-state index in [9.17, 15) is 4.79 Å². The number of hydrogen-bond donors (Lipinski definition) is 1. The van der Waals surface area contributed by atoms with Gasteiger partial charge in [-0.25, -0.2) is 14.6 Å². The molecule has 0 amide bonds. The average Bonchev–Trinajstić information content (AvgIpc) is 3.11. The lowest BCUT2D eigenvalue weighted by Crippen LogP contribution is -2.37. The lowest BCUT2D eigenvalue weighted by molar-refractivity contribution is 0.183. The van der Waals surface area contributed by atoms with Crippen molar-refractivity contribution < 1.29 is 4.74 Å². The summed E-state index contributed by atoms with van der Waals surface area (Å²) >= 11 is 0. The van der Waals surface area contributed by atoms with Crippen molar-refractivity contribution in [3.63, 3.8) is 0 Å². The van der Waals surface area contributed by atoms with Crippen molar-refractivity contribution in [2.45, 2.75) is 19.0 Å². The molecule has 0 spiro atoms. The first-order chi connectivity index (χ1) is 12.7. The summed E-state index contributed by atoms with van der Waals surface area (Å²) in [6.07, 6.45) is 5.10. The zero-order valence-electron chi connectivity index (χ0n) is 14.2. The smallest absolute Gasteiger partial charge is 0.267 e. The summed E-state index contributed by atoms with van der Waals surface area (Å²) in [5, 5.41) is 7.81. The van der Waals surface area contributed by atoms with Gasteiger partial charge in [0.15, 0.2) is 0 Å². The van der Waals surface area contributed by atoms with E-state index >= 15 is 0 Å². The summed E-state index contributed by atoms with van der Waals surface area (Å²) in [6, 6.07) is 8.41. The molecule has 8 heteroatoms. The zero-order chi connectivity index (χ0) is 17.9. The van der Waals surface area contributed by atoms with E-state index in [2.05, 4.69) is 25.4 Å². The Kier molecular flexibility index (Phi) is 4.40. The highest BCUT2D eigenvalue weighted by Gasteiger charge is 2.32. The monoisotopic (exact) mass is 350 g/mol.